The Morgan fingerprint density at radius 3 is 2.64 bits per heavy atom. The lowest BCUT2D eigenvalue weighted by Gasteiger charge is -2.12. The van der Waals surface area contributed by atoms with Gasteiger partial charge in [0.2, 0.25) is 0 Å². The molecule has 33 heavy (non-hydrogen) atoms. The molecule has 0 radical (unpaired) electrons. The summed E-state index contributed by atoms with van der Waals surface area (Å²) in [7, 11) is 0. The minimum Gasteiger partial charge on any atom is -0.478 e. The van der Waals surface area contributed by atoms with Gasteiger partial charge in [-0.25, -0.2) is 14.8 Å². The lowest BCUT2D eigenvalue weighted by Crippen LogP contribution is -2.12. The van der Waals surface area contributed by atoms with Gasteiger partial charge in [-0.3, -0.25) is 0 Å². The molecule has 0 fully saturated rings. The number of hydrogen-bond acceptors (Lipinski definition) is 4. The number of carboxylic acids is 1. The van der Waals surface area contributed by atoms with Crippen LogP contribution in [0, 0.1) is 19.8 Å². The molecule has 4 aromatic rings. The van der Waals surface area contributed by atoms with Crippen LogP contribution in [0.15, 0.2) is 54.9 Å². The minimum absolute atomic E-state index is 0.351. The van der Waals surface area contributed by atoms with E-state index < -0.39 is 5.97 Å². The maximum absolute atomic E-state index is 11.6. The molecule has 6 nitrogen and oxygen atoms in total. The highest BCUT2D eigenvalue weighted by atomic mass is 16.4. The third kappa shape index (κ3) is 5.06. The summed E-state index contributed by atoms with van der Waals surface area (Å²) in [5, 5.41) is 14.2. The molecule has 170 valence electrons. The number of aromatic nitrogens is 3. The molecule has 6 heteroatoms. The SMILES string of the molecule is Cc1ccc2c(c1)cc(C)n2CCNc1cc(-c2ccc(C(=O)O)c(CC(C)C)c2)ncn1. The van der Waals surface area contributed by atoms with Crippen LogP contribution in [-0.2, 0) is 13.0 Å². The van der Waals surface area contributed by atoms with Crippen molar-refractivity contribution in [2.24, 2.45) is 5.92 Å². The Bertz CT molecular complexity index is 1310. The second kappa shape index (κ2) is 9.45. The first-order valence-corrected chi connectivity index (χ1v) is 11.3. The van der Waals surface area contributed by atoms with Crippen LogP contribution in [0.4, 0.5) is 5.82 Å². The Morgan fingerprint density at radius 2 is 1.88 bits per heavy atom. The number of fused-ring (bicyclic) bond motifs is 1. The Hall–Kier alpha value is -3.67. The summed E-state index contributed by atoms with van der Waals surface area (Å²) in [4.78, 5) is 20.4. The van der Waals surface area contributed by atoms with Gasteiger partial charge in [0, 0.05) is 41.3 Å². The van der Waals surface area contributed by atoms with Crippen LogP contribution < -0.4 is 5.32 Å². The fourth-order valence-corrected chi connectivity index (χ4v) is 4.30. The first-order chi connectivity index (χ1) is 15.8. The number of carboxylic acid groups (broad SMARTS) is 1. The number of anilines is 1. The quantitative estimate of drug-likeness (QED) is 0.365. The number of nitrogens with one attached hydrogen (secondary N) is 1. The van der Waals surface area contributed by atoms with Crippen molar-refractivity contribution in [2.45, 2.75) is 40.7 Å². The third-order valence-electron chi connectivity index (χ3n) is 5.83. The van der Waals surface area contributed by atoms with E-state index in [-0.39, 0.29) is 0 Å². The largest absolute Gasteiger partial charge is 0.478 e. The summed E-state index contributed by atoms with van der Waals surface area (Å²) < 4.78 is 2.31. The molecule has 0 aliphatic heterocycles. The van der Waals surface area contributed by atoms with Crippen LogP contribution in [0.5, 0.6) is 0 Å². The van der Waals surface area contributed by atoms with Gasteiger partial charge in [0.05, 0.1) is 11.3 Å². The maximum Gasteiger partial charge on any atom is 0.335 e. The highest BCUT2D eigenvalue weighted by molar-refractivity contribution is 5.90. The van der Waals surface area contributed by atoms with Crippen LogP contribution in [0.1, 0.15) is 41.0 Å². The molecule has 2 aromatic heterocycles. The van der Waals surface area contributed by atoms with Crippen LogP contribution in [0.2, 0.25) is 0 Å². The highest BCUT2D eigenvalue weighted by Crippen LogP contribution is 2.25. The molecule has 0 aliphatic carbocycles. The first-order valence-electron chi connectivity index (χ1n) is 11.3. The molecular weight excluding hydrogens is 412 g/mol. The summed E-state index contributed by atoms with van der Waals surface area (Å²) in [6, 6.07) is 16.1. The van der Waals surface area contributed by atoms with Crippen molar-refractivity contribution in [1.82, 2.24) is 14.5 Å². The van der Waals surface area contributed by atoms with Gasteiger partial charge in [-0.1, -0.05) is 31.5 Å². The number of benzene rings is 2. The second-order valence-electron chi connectivity index (χ2n) is 8.99. The molecule has 0 amide bonds. The predicted molar refractivity (Wildman–Crippen MR) is 133 cm³/mol. The van der Waals surface area contributed by atoms with Crippen molar-refractivity contribution in [2.75, 3.05) is 11.9 Å². The molecule has 0 bridgehead atoms. The number of rotatable bonds is 8. The molecule has 4 rings (SSSR count). The fraction of sp³-hybridized carbons (Fsp3) is 0.296. The molecule has 0 saturated carbocycles. The number of aromatic carboxylic acids is 1. The number of hydrogen-bond donors (Lipinski definition) is 2. The Morgan fingerprint density at radius 1 is 1.06 bits per heavy atom. The smallest absolute Gasteiger partial charge is 0.335 e. The normalized spacial score (nSPS) is 11.3. The van der Waals surface area contributed by atoms with Crippen molar-refractivity contribution < 1.29 is 9.90 Å². The van der Waals surface area contributed by atoms with E-state index in [1.54, 1.807) is 12.4 Å². The highest BCUT2D eigenvalue weighted by Gasteiger charge is 2.14. The molecule has 0 aliphatic rings. The van der Waals surface area contributed by atoms with Crippen molar-refractivity contribution in [3.05, 3.63) is 77.2 Å². The Labute approximate surface area is 194 Å². The van der Waals surface area contributed by atoms with Crippen molar-refractivity contribution >= 4 is 22.7 Å². The minimum atomic E-state index is -0.898. The van der Waals surface area contributed by atoms with E-state index in [0.717, 1.165) is 35.7 Å². The zero-order chi connectivity index (χ0) is 23.5. The third-order valence-corrected chi connectivity index (χ3v) is 5.83. The van der Waals surface area contributed by atoms with Gasteiger partial charge in [-0.15, -0.1) is 0 Å². The van der Waals surface area contributed by atoms with Gasteiger partial charge in [0.15, 0.2) is 0 Å². The monoisotopic (exact) mass is 442 g/mol. The molecule has 2 N–H and O–H groups in total. The lowest BCUT2D eigenvalue weighted by molar-refractivity contribution is 0.0695. The average molecular weight is 443 g/mol. The Kier molecular flexibility index (Phi) is 6.45. The first kappa shape index (κ1) is 22.5. The summed E-state index contributed by atoms with van der Waals surface area (Å²) >= 11 is 0. The average Bonchev–Trinajstić information content (AvgIpc) is 3.07. The molecule has 0 unspecified atom stereocenters. The van der Waals surface area contributed by atoms with Gasteiger partial charge in [-0.05, 0) is 62.1 Å². The number of carbonyl (C=O) groups is 1. The number of aryl methyl sites for hydroxylation is 2. The summed E-state index contributed by atoms with van der Waals surface area (Å²) in [6.45, 7) is 9.97. The van der Waals surface area contributed by atoms with E-state index in [1.165, 1.54) is 22.2 Å². The van der Waals surface area contributed by atoms with Crippen LogP contribution in [0.25, 0.3) is 22.2 Å². The standard InChI is InChI=1S/C27H30N4O2/c1-17(2)11-21-14-20(6-7-23(21)27(32)33)24-15-26(30-16-29-24)28-9-10-31-19(4)13-22-12-18(3)5-8-25(22)31/h5-8,12-17H,9-11H2,1-4H3,(H,32,33)(H,28,29,30). The summed E-state index contributed by atoms with van der Waals surface area (Å²) in [5.74, 6) is 0.209. The number of nitrogens with zero attached hydrogens (tertiary/aromatic N) is 3. The molecular formula is C27H30N4O2. The van der Waals surface area contributed by atoms with Crippen LogP contribution >= 0.6 is 0 Å². The lowest BCUT2D eigenvalue weighted by atomic mass is 9.95. The van der Waals surface area contributed by atoms with Crippen LogP contribution in [0.3, 0.4) is 0 Å². The topological polar surface area (TPSA) is 80.0 Å². The van der Waals surface area contributed by atoms with E-state index in [9.17, 15) is 9.90 Å². The van der Waals surface area contributed by atoms with E-state index in [1.807, 2.05) is 18.2 Å². The summed E-state index contributed by atoms with van der Waals surface area (Å²) in [5.41, 5.74) is 6.57. The van der Waals surface area contributed by atoms with Gasteiger partial charge in [0.25, 0.3) is 0 Å². The molecule has 2 aromatic carbocycles. The molecule has 0 atom stereocenters. The van der Waals surface area contributed by atoms with Gasteiger partial charge in [0.1, 0.15) is 12.1 Å². The Balaban J connectivity index is 1.51. The molecule has 2 heterocycles. The maximum atomic E-state index is 11.6. The molecule has 0 spiro atoms. The van der Waals surface area contributed by atoms with Crippen molar-refractivity contribution in [3.8, 4) is 11.3 Å². The van der Waals surface area contributed by atoms with Crippen molar-refractivity contribution in [1.29, 1.82) is 0 Å². The van der Waals surface area contributed by atoms with Crippen molar-refractivity contribution in [3.63, 3.8) is 0 Å². The van der Waals surface area contributed by atoms with E-state index in [0.29, 0.717) is 17.9 Å². The predicted octanol–water partition coefficient (Wildman–Crippen LogP) is 5.72. The van der Waals surface area contributed by atoms with Gasteiger partial charge >= 0.3 is 5.97 Å². The zero-order valence-corrected chi connectivity index (χ0v) is 19.6. The zero-order valence-electron chi connectivity index (χ0n) is 19.6. The second-order valence-corrected chi connectivity index (χ2v) is 8.99. The fourth-order valence-electron chi connectivity index (χ4n) is 4.30. The van der Waals surface area contributed by atoms with Gasteiger partial charge in [-0.2, -0.15) is 0 Å². The van der Waals surface area contributed by atoms with E-state index >= 15 is 0 Å². The summed E-state index contributed by atoms with van der Waals surface area (Å²) in [6.07, 6.45) is 2.25. The molecule has 0 saturated heterocycles. The van der Waals surface area contributed by atoms with Gasteiger partial charge < -0.3 is 15.0 Å². The van der Waals surface area contributed by atoms with E-state index in [4.69, 9.17) is 0 Å². The van der Waals surface area contributed by atoms with E-state index in [2.05, 4.69) is 71.8 Å². The van der Waals surface area contributed by atoms with Crippen LogP contribution in [-0.4, -0.2) is 32.2 Å².